The van der Waals surface area contributed by atoms with Crippen LogP contribution in [0.2, 0.25) is 5.02 Å². The molecule has 2 aromatic rings. The summed E-state index contributed by atoms with van der Waals surface area (Å²) in [6.07, 6.45) is 8.55. The molecule has 0 bridgehead atoms. The van der Waals surface area contributed by atoms with Crippen molar-refractivity contribution in [3.63, 3.8) is 0 Å². The van der Waals surface area contributed by atoms with Gasteiger partial charge in [-0.2, -0.15) is 0 Å². The fourth-order valence-electron chi connectivity index (χ4n) is 3.09. The van der Waals surface area contributed by atoms with Crippen LogP contribution in [0.25, 0.3) is 0 Å². The van der Waals surface area contributed by atoms with Gasteiger partial charge >= 0.3 is 0 Å². The first-order valence-electron chi connectivity index (χ1n) is 8.79. The van der Waals surface area contributed by atoms with Gasteiger partial charge in [-0.15, -0.1) is 0 Å². The number of hydrogen-bond acceptors (Lipinski definition) is 4. The van der Waals surface area contributed by atoms with Gasteiger partial charge in [0.05, 0.1) is 0 Å². The van der Waals surface area contributed by atoms with Crippen molar-refractivity contribution in [1.29, 1.82) is 0 Å². The van der Waals surface area contributed by atoms with E-state index in [0.29, 0.717) is 16.7 Å². The highest BCUT2D eigenvalue weighted by Gasteiger charge is 2.17. The van der Waals surface area contributed by atoms with Gasteiger partial charge in [0.25, 0.3) is 5.91 Å². The number of amides is 1. The van der Waals surface area contributed by atoms with Crippen LogP contribution in [0.4, 0.5) is 11.6 Å². The normalized spacial score (nSPS) is 15.4. The van der Waals surface area contributed by atoms with Crippen LogP contribution in [0.3, 0.4) is 0 Å². The van der Waals surface area contributed by atoms with Gasteiger partial charge in [-0.25, -0.2) is 9.97 Å². The van der Waals surface area contributed by atoms with Crippen molar-refractivity contribution in [2.45, 2.75) is 51.5 Å². The van der Waals surface area contributed by atoms with E-state index in [1.807, 2.05) is 25.1 Å². The Hall–Kier alpha value is -2.14. The highest BCUT2D eigenvalue weighted by Crippen LogP contribution is 2.25. The zero-order valence-electron chi connectivity index (χ0n) is 14.4. The molecule has 5 nitrogen and oxygen atoms in total. The Bertz CT molecular complexity index is 742. The summed E-state index contributed by atoms with van der Waals surface area (Å²) in [5.41, 5.74) is 2.12. The summed E-state index contributed by atoms with van der Waals surface area (Å²) in [6.45, 7) is 1.92. The minimum Gasteiger partial charge on any atom is -0.348 e. The topological polar surface area (TPSA) is 66.9 Å². The van der Waals surface area contributed by atoms with Gasteiger partial charge in [-0.05, 0) is 43.5 Å². The maximum absolute atomic E-state index is 12.5. The number of carbonyl (C=O) groups is 1. The Morgan fingerprint density at radius 2 is 1.92 bits per heavy atom. The highest BCUT2D eigenvalue weighted by molar-refractivity contribution is 6.31. The summed E-state index contributed by atoms with van der Waals surface area (Å²) in [4.78, 5) is 21.1. The van der Waals surface area contributed by atoms with Crippen molar-refractivity contribution < 1.29 is 4.79 Å². The lowest BCUT2D eigenvalue weighted by Gasteiger charge is -2.16. The third kappa shape index (κ3) is 4.69. The lowest BCUT2D eigenvalue weighted by molar-refractivity contribution is 0.0928. The fraction of sp³-hybridized carbons (Fsp3) is 0.421. The first-order chi connectivity index (χ1) is 12.1. The molecule has 0 radical (unpaired) electrons. The monoisotopic (exact) mass is 358 g/mol. The van der Waals surface area contributed by atoms with Crippen molar-refractivity contribution >= 4 is 29.1 Å². The van der Waals surface area contributed by atoms with Crippen LogP contribution < -0.4 is 10.6 Å². The number of rotatable bonds is 4. The van der Waals surface area contributed by atoms with Crippen molar-refractivity contribution in [3.8, 4) is 0 Å². The second-order valence-corrected chi connectivity index (χ2v) is 6.87. The SMILES string of the molecule is Cc1c(Cl)cccc1Nc1nccc(C(=O)NC2CCCCCC2)n1. The number of carbonyl (C=O) groups excluding carboxylic acids is 1. The van der Waals surface area contributed by atoms with E-state index < -0.39 is 0 Å². The molecule has 1 amide bonds. The maximum atomic E-state index is 12.5. The third-order valence-electron chi connectivity index (χ3n) is 4.59. The number of hydrogen-bond donors (Lipinski definition) is 2. The molecule has 1 aliphatic rings. The molecule has 0 saturated heterocycles. The minimum absolute atomic E-state index is 0.139. The van der Waals surface area contributed by atoms with E-state index in [0.717, 1.165) is 24.1 Å². The van der Waals surface area contributed by atoms with Gasteiger partial charge < -0.3 is 10.6 Å². The number of nitrogens with one attached hydrogen (secondary N) is 2. The number of aromatic nitrogens is 2. The van der Waals surface area contributed by atoms with Crippen LogP contribution in [0.1, 0.15) is 54.6 Å². The van der Waals surface area contributed by atoms with Gasteiger partial charge in [0.2, 0.25) is 5.95 Å². The molecule has 0 unspecified atom stereocenters. The molecule has 1 saturated carbocycles. The van der Waals surface area contributed by atoms with Gasteiger partial charge in [0.1, 0.15) is 5.69 Å². The van der Waals surface area contributed by atoms with Gasteiger partial charge in [0, 0.05) is 22.9 Å². The molecular formula is C19H23ClN4O. The maximum Gasteiger partial charge on any atom is 0.270 e. The largest absolute Gasteiger partial charge is 0.348 e. The van der Waals surface area contributed by atoms with Crippen molar-refractivity contribution in [2.24, 2.45) is 0 Å². The fourth-order valence-corrected chi connectivity index (χ4v) is 3.27. The quantitative estimate of drug-likeness (QED) is 0.781. The van der Waals surface area contributed by atoms with Gasteiger partial charge in [-0.3, -0.25) is 4.79 Å². The van der Waals surface area contributed by atoms with E-state index in [1.165, 1.54) is 25.7 Å². The van der Waals surface area contributed by atoms with E-state index in [9.17, 15) is 4.79 Å². The zero-order valence-corrected chi connectivity index (χ0v) is 15.1. The predicted octanol–water partition coefficient (Wildman–Crippen LogP) is 4.63. The lowest BCUT2D eigenvalue weighted by atomic mass is 10.1. The molecule has 0 aliphatic heterocycles. The molecule has 132 valence electrons. The van der Waals surface area contributed by atoms with Crippen molar-refractivity contribution in [2.75, 3.05) is 5.32 Å². The summed E-state index contributed by atoms with van der Waals surface area (Å²) < 4.78 is 0. The predicted molar refractivity (Wildman–Crippen MR) is 100 cm³/mol. The summed E-state index contributed by atoms with van der Waals surface area (Å²) in [5, 5.41) is 6.92. The lowest BCUT2D eigenvalue weighted by Crippen LogP contribution is -2.35. The average molecular weight is 359 g/mol. The van der Waals surface area contributed by atoms with Crippen LogP contribution in [0, 0.1) is 6.92 Å². The highest BCUT2D eigenvalue weighted by atomic mass is 35.5. The molecule has 1 aliphatic carbocycles. The Morgan fingerprint density at radius 1 is 1.16 bits per heavy atom. The number of halogens is 1. The molecule has 25 heavy (non-hydrogen) atoms. The van der Waals surface area contributed by atoms with E-state index >= 15 is 0 Å². The molecule has 3 rings (SSSR count). The number of benzene rings is 1. The molecule has 0 atom stereocenters. The molecule has 1 aromatic carbocycles. The smallest absolute Gasteiger partial charge is 0.270 e. The standard InChI is InChI=1S/C19H23ClN4O/c1-13-15(20)9-6-10-16(13)23-19-21-12-11-17(24-19)18(25)22-14-7-4-2-3-5-8-14/h6,9-12,14H,2-5,7-8H2,1H3,(H,22,25)(H,21,23,24). The molecule has 1 heterocycles. The third-order valence-corrected chi connectivity index (χ3v) is 5.00. The summed E-state index contributed by atoms with van der Waals surface area (Å²) in [5.74, 6) is 0.249. The Labute approximate surface area is 153 Å². The van der Waals surface area contributed by atoms with Crippen LogP contribution in [-0.4, -0.2) is 21.9 Å². The Kier molecular flexibility index (Phi) is 5.87. The zero-order chi connectivity index (χ0) is 17.6. The molecule has 1 aromatic heterocycles. The summed E-state index contributed by atoms with van der Waals surface area (Å²) >= 11 is 6.14. The van der Waals surface area contributed by atoms with E-state index in [1.54, 1.807) is 12.3 Å². The Morgan fingerprint density at radius 3 is 2.68 bits per heavy atom. The number of nitrogens with zero attached hydrogens (tertiary/aromatic N) is 2. The molecular weight excluding hydrogens is 336 g/mol. The van der Waals surface area contributed by atoms with E-state index in [4.69, 9.17) is 11.6 Å². The van der Waals surface area contributed by atoms with Gasteiger partial charge in [-0.1, -0.05) is 43.4 Å². The summed E-state index contributed by atoms with van der Waals surface area (Å²) in [7, 11) is 0. The van der Waals surface area contributed by atoms with Gasteiger partial charge in [0.15, 0.2) is 0 Å². The van der Waals surface area contributed by atoms with Crippen LogP contribution in [-0.2, 0) is 0 Å². The van der Waals surface area contributed by atoms with E-state index in [2.05, 4.69) is 20.6 Å². The molecule has 0 spiro atoms. The van der Waals surface area contributed by atoms with Crippen LogP contribution in [0.5, 0.6) is 0 Å². The average Bonchev–Trinajstić information content (AvgIpc) is 2.88. The number of anilines is 2. The van der Waals surface area contributed by atoms with Crippen molar-refractivity contribution in [3.05, 3.63) is 46.7 Å². The van der Waals surface area contributed by atoms with Crippen molar-refractivity contribution in [1.82, 2.24) is 15.3 Å². The molecule has 2 N–H and O–H groups in total. The summed E-state index contributed by atoms with van der Waals surface area (Å²) in [6, 6.07) is 7.49. The first-order valence-corrected chi connectivity index (χ1v) is 9.17. The van der Waals surface area contributed by atoms with Crippen LogP contribution in [0.15, 0.2) is 30.5 Å². The molecule has 6 heteroatoms. The Balaban J connectivity index is 1.70. The second kappa shape index (κ2) is 8.30. The molecule has 1 fully saturated rings. The second-order valence-electron chi connectivity index (χ2n) is 6.46. The first kappa shape index (κ1) is 17.7. The van der Waals surface area contributed by atoms with Crippen LogP contribution >= 0.6 is 11.6 Å². The van der Waals surface area contributed by atoms with E-state index in [-0.39, 0.29) is 11.9 Å². The minimum atomic E-state index is -0.139.